The van der Waals surface area contributed by atoms with Gasteiger partial charge < -0.3 is 0 Å². The van der Waals surface area contributed by atoms with E-state index in [1.54, 1.807) is 13.8 Å². The second kappa shape index (κ2) is 9.27. The summed E-state index contributed by atoms with van der Waals surface area (Å²) in [6.07, 6.45) is 4.16. The molecule has 132 valence electrons. The molecular formula is C16H27Br2Cl3O. The first-order valence-electron chi connectivity index (χ1n) is 7.86. The van der Waals surface area contributed by atoms with Gasteiger partial charge in [0.15, 0.2) is 0 Å². The fourth-order valence-corrected chi connectivity index (χ4v) is 6.43. The largest absolute Gasteiger partial charge is 0.299 e. The first kappa shape index (κ1) is 23.5. The lowest BCUT2D eigenvalue weighted by Gasteiger charge is -2.51. The molecule has 3 unspecified atom stereocenters. The highest BCUT2D eigenvalue weighted by Crippen LogP contribution is 2.60. The Bertz CT molecular complexity index is 372. The van der Waals surface area contributed by atoms with Crippen LogP contribution in [0.15, 0.2) is 0 Å². The van der Waals surface area contributed by atoms with Gasteiger partial charge in [0.05, 0.1) is 14.0 Å². The maximum atomic E-state index is 12.8. The molecule has 6 heteroatoms. The number of Topliss-reactive ketones (excluding diaryl/α,β-unsaturated/α-hetero) is 1. The van der Waals surface area contributed by atoms with Crippen LogP contribution in [0.1, 0.15) is 66.7 Å². The van der Waals surface area contributed by atoms with Crippen LogP contribution >= 0.6 is 66.7 Å². The van der Waals surface area contributed by atoms with Gasteiger partial charge in [-0.3, -0.25) is 4.79 Å². The van der Waals surface area contributed by atoms with Crippen LogP contribution in [0.25, 0.3) is 0 Å². The summed E-state index contributed by atoms with van der Waals surface area (Å²) < 4.78 is -1.73. The van der Waals surface area contributed by atoms with E-state index >= 15 is 0 Å². The fraction of sp³-hybridized carbons (Fsp3) is 0.938. The summed E-state index contributed by atoms with van der Waals surface area (Å²) in [4.78, 5) is 12.8. The molecule has 3 atom stereocenters. The lowest BCUT2D eigenvalue weighted by atomic mass is 9.64. The molecule has 0 aromatic carbocycles. The van der Waals surface area contributed by atoms with Gasteiger partial charge >= 0.3 is 0 Å². The second-order valence-corrected chi connectivity index (χ2v) is 11.8. The van der Waals surface area contributed by atoms with Gasteiger partial charge in [0.25, 0.3) is 0 Å². The number of rotatable bonds is 10. The van der Waals surface area contributed by atoms with Crippen LogP contribution in [-0.2, 0) is 4.79 Å². The number of carbonyl (C=O) groups is 1. The van der Waals surface area contributed by atoms with Gasteiger partial charge in [-0.15, -0.1) is 11.6 Å². The summed E-state index contributed by atoms with van der Waals surface area (Å²) in [6.45, 7) is 9.55. The summed E-state index contributed by atoms with van der Waals surface area (Å²) >= 11 is 27.1. The van der Waals surface area contributed by atoms with Crippen molar-refractivity contribution in [2.45, 2.75) is 79.7 Å². The van der Waals surface area contributed by atoms with Gasteiger partial charge in [-0.05, 0) is 33.1 Å². The van der Waals surface area contributed by atoms with E-state index in [4.69, 9.17) is 34.8 Å². The Labute approximate surface area is 167 Å². The van der Waals surface area contributed by atoms with Crippen molar-refractivity contribution in [3.8, 4) is 0 Å². The van der Waals surface area contributed by atoms with E-state index in [9.17, 15) is 4.79 Å². The first-order chi connectivity index (χ1) is 9.95. The predicted octanol–water partition coefficient (Wildman–Crippen LogP) is 7.48. The van der Waals surface area contributed by atoms with E-state index in [-0.39, 0.29) is 11.7 Å². The zero-order valence-corrected chi connectivity index (χ0v) is 19.4. The van der Waals surface area contributed by atoms with E-state index in [1.165, 1.54) is 0 Å². The average Bonchev–Trinajstić information content (AvgIpc) is 2.41. The van der Waals surface area contributed by atoms with Crippen LogP contribution in [-0.4, -0.2) is 18.7 Å². The molecule has 0 aliphatic heterocycles. The van der Waals surface area contributed by atoms with E-state index in [2.05, 4.69) is 38.8 Å². The Morgan fingerprint density at radius 2 is 1.68 bits per heavy atom. The standard InChI is InChI=1S/C16H27Br2Cl3O/c1-6-9-10-15(17,18)14(8-3,12(5)22)13(7-2)16(20,21)11(4)19/h11,13H,6-10H2,1-5H3. The van der Waals surface area contributed by atoms with Gasteiger partial charge in [-0.1, -0.05) is 88.7 Å². The molecule has 0 fully saturated rings. The Kier molecular flexibility index (Phi) is 9.90. The molecule has 0 aromatic heterocycles. The fourth-order valence-electron chi connectivity index (χ4n) is 3.36. The Hall–Kier alpha value is 1.50. The lowest BCUT2D eigenvalue weighted by Crippen LogP contribution is -2.56. The van der Waals surface area contributed by atoms with Gasteiger partial charge in [0.2, 0.25) is 0 Å². The molecule has 0 N–H and O–H groups in total. The van der Waals surface area contributed by atoms with E-state index < -0.39 is 18.4 Å². The highest BCUT2D eigenvalue weighted by atomic mass is 79.9. The smallest absolute Gasteiger partial charge is 0.138 e. The number of carbonyl (C=O) groups excluding carboxylic acids is 1. The Morgan fingerprint density at radius 1 is 1.18 bits per heavy atom. The average molecular weight is 502 g/mol. The summed E-state index contributed by atoms with van der Waals surface area (Å²) in [6, 6.07) is 0. The molecule has 0 saturated carbocycles. The lowest BCUT2D eigenvalue weighted by molar-refractivity contribution is -0.131. The van der Waals surface area contributed by atoms with Crippen LogP contribution in [0, 0.1) is 11.3 Å². The number of halogens is 5. The van der Waals surface area contributed by atoms with Crippen LogP contribution in [0.5, 0.6) is 0 Å². The molecule has 22 heavy (non-hydrogen) atoms. The Balaban J connectivity index is 6.13. The molecular weight excluding hydrogens is 474 g/mol. The maximum absolute atomic E-state index is 12.8. The summed E-state index contributed by atoms with van der Waals surface area (Å²) in [5.41, 5.74) is -0.733. The Morgan fingerprint density at radius 3 is 1.95 bits per heavy atom. The van der Waals surface area contributed by atoms with Crippen molar-refractivity contribution >= 4 is 72.4 Å². The third kappa shape index (κ3) is 4.56. The summed E-state index contributed by atoms with van der Waals surface area (Å²) in [5, 5.41) is -0.465. The molecule has 0 saturated heterocycles. The molecule has 0 aliphatic rings. The highest BCUT2D eigenvalue weighted by Gasteiger charge is 2.60. The number of ketones is 1. The quantitative estimate of drug-likeness (QED) is 0.284. The van der Waals surface area contributed by atoms with Crippen LogP contribution in [0.3, 0.4) is 0 Å². The molecule has 0 aliphatic carbocycles. The van der Waals surface area contributed by atoms with Crippen molar-refractivity contribution in [2.24, 2.45) is 11.3 Å². The molecule has 1 nitrogen and oxygen atoms in total. The summed E-state index contributed by atoms with van der Waals surface area (Å²) in [5.74, 6) is -0.191. The second-order valence-electron chi connectivity index (χ2n) is 5.94. The molecule has 0 amide bonds. The minimum Gasteiger partial charge on any atom is -0.299 e. The van der Waals surface area contributed by atoms with Gasteiger partial charge in [0, 0.05) is 5.92 Å². The van der Waals surface area contributed by atoms with Crippen LogP contribution < -0.4 is 0 Å². The molecule has 0 radical (unpaired) electrons. The molecule has 0 heterocycles. The third-order valence-corrected chi connectivity index (χ3v) is 8.64. The van der Waals surface area contributed by atoms with Crippen molar-refractivity contribution in [1.82, 2.24) is 0 Å². The van der Waals surface area contributed by atoms with E-state index in [0.717, 1.165) is 19.3 Å². The monoisotopic (exact) mass is 498 g/mol. The van der Waals surface area contributed by atoms with E-state index in [0.29, 0.717) is 12.8 Å². The zero-order valence-electron chi connectivity index (χ0n) is 14.0. The molecule has 0 spiro atoms. The first-order valence-corrected chi connectivity index (χ1v) is 10.6. The highest BCUT2D eigenvalue weighted by molar-refractivity contribution is 9.25. The third-order valence-electron chi connectivity index (χ3n) is 4.68. The normalized spacial score (nSPS) is 18.6. The number of hydrogen-bond acceptors (Lipinski definition) is 1. The van der Waals surface area contributed by atoms with Gasteiger partial charge in [-0.2, -0.15) is 0 Å². The minimum absolute atomic E-state index is 0.0784. The van der Waals surface area contributed by atoms with Crippen molar-refractivity contribution in [3.63, 3.8) is 0 Å². The van der Waals surface area contributed by atoms with E-state index in [1.807, 2.05) is 13.8 Å². The molecule has 0 aromatic rings. The summed E-state index contributed by atoms with van der Waals surface area (Å²) in [7, 11) is 0. The van der Waals surface area contributed by atoms with Crippen molar-refractivity contribution in [3.05, 3.63) is 0 Å². The van der Waals surface area contributed by atoms with Crippen molar-refractivity contribution in [1.29, 1.82) is 0 Å². The minimum atomic E-state index is -1.18. The van der Waals surface area contributed by atoms with Gasteiger partial charge in [-0.25, -0.2) is 0 Å². The SMILES string of the molecule is CCCCC(Br)(Br)C(CC)(C(C)=O)C(CC)C(Cl)(Cl)C(C)Cl. The topological polar surface area (TPSA) is 17.1 Å². The zero-order chi connectivity index (χ0) is 17.8. The molecule has 0 rings (SSSR count). The van der Waals surface area contributed by atoms with Crippen molar-refractivity contribution in [2.75, 3.05) is 0 Å². The number of hydrogen-bond donors (Lipinski definition) is 0. The number of unbranched alkanes of at least 4 members (excludes halogenated alkanes) is 1. The van der Waals surface area contributed by atoms with Gasteiger partial charge in [0.1, 0.15) is 10.1 Å². The predicted molar refractivity (Wildman–Crippen MR) is 107 cm³/mol. The van der Waals surface area contributed by atoms with Crippen LogP contribution in [0.4, 0.5) is 0 Å². The maximum Gasteiger partial charge on any atom is 0.138 e. The van der Waals surface area contributed by atoms with Crippen molar-refractivity contribution < 1.29 is 4.79 Å². The number of alkyl halides is 5. The molecule has 0 bridgehead atoms. The van der Waals surface area contributed by atoms with Crippen LogP contribution in [0.2, 0.25) is 0 Å².